The van der Waals surface area contributed by atoms with Crippen LogP contribution in [0.1, 0.15) is 30.5 Å². The van der Waals surface area contributed by atoms with E-state index in [-0.39, 0.29) is 11.9 Å². The fourth-order valence-corrected chi connectivity index (χ4v) is 4.78. The van der Waals surface area contributed by atoms with Gasteiger partial charge < -0.3 is 15.2 Å². The lowest BCUT2D eigenvalue weighted by atomic mass is 10.1. The summed E-state index contributed by atoms with van der Waals surface area (Å²) in [5.41, 5.74) is 7.10. The van der Waals surface area contributed by atoms with Crippen molar-refractivity contribution in [1.82, 2.24) is 30.2 Å². The molecule has 0 spiro atoms. The zero-order valence-corrected chi connectivity index (χ0v) is 21.0. The van der Waals surface area contributed by atoms with Gasteiger partial charge in [0.25, 0.3) is 0 Å². The molecule has 4 N–H and O–H groups in total. The predicted molar refractivity (Wildman–Crippen MR) is 144 cm³/mol. The summed E-state index contributed by atoms with van der Waals surface area (Å²) in [6.07, 6.45) is 1.91. The molecule has 1 aliphatic heterocycles. The third kappa shape index (κ3) is 6.14. The zero-order valence-electron chi connectivity index (χ0n) is 21.0. The van der Waals surface area contributed by atoms with Crippen LogP contribution < -0.4 is 10.8 Å². The second-order valence-electron chi connectivity index (χ2n) is 9.54. The normalized spacial score (nSPS) is 15.5. The number of anilines is 1. The van der Waals surface area contributed by atoms with Gasteiger partial charge in [-0.15, -0.1) is 0 Å². The van der Waals surface area contributed by atoms with Crippen molar-refractivity contribution in [3.05, 3.63) is 78.1 Å². The number of hydrogen-bond acceptors (Lipinski definition) is 7. The second kappa shape index (κ2) is 11.5. The number of hydrogen-bond donors (Lipinski definition) is 4. The number of aromatic amines is 1. The van der Waals surface area contributed by atoms with Gasteiger partial charge in [-0.05, 0) is 29.7 Å². The molecule has 9 nitrogen and oxygen atoms in total. The van der Waals surface area contributed by atoms with E-state index in [2.05, 4.69) is 79.5 Å². The number of hydroxylamine groups is 1. The number of fused-ring (bicyclic) bond motifs is 1. The molecule has 1 unspecified atom stereocenters. The first-order chi connectivity index (χ1) is 18.1. The summed E-state index contributed by atoms with van der Waals surface area (Å²) in [5, 5.41) is 13.1. The molecule has 0 radical (unpaired) electrons. The highest BCUT2D eigenvalue weighted by Crippen LogP contribution is 2.29. The predicted octanol–water partition coefficient (Wildman–Crippen LogP) is 3.81. The Morgan fingerprint density at radius 3 is 2.49 bits per heavy atom. The maximum absolute atomic E-state index is 11.2. The number of carbonyl (C=O) groups excluding carboxylic acids is 1. The van der Waals surface area contributed by atoms with Crippen LogP contribution in [-0.2, 0) is 11.3 Å². The van der Waals surface area contributed by atoms with Crippen LogP contribution in [-0.4, -0.2) is 68.6 Å². The molecule has 0 aliphatic carbocycles. The van der Waals surface area contributed by atoms with Crippen molar-refractivity contribution >= 4 is 22.8 Å². The van der Waals surface area contributed by atoms with E-state index in [1.54, 1.807) is 11.8 Å². The molecule has 1 amide bonds. The van der Waals surface area contributed by atoms with Crippen LogP contribution in [0.4, 0.5) is 5.82 Å². The van der Waals surface area contributed by atoms with Crippen molar-refractivity contribution in [3.8, 4) is 11.3 Å². The number of piperazine rings is 1. The number of aromatic nitrogens is 3. The summed E-state index contributed by atoms with van der Waals surface area (Å²) in [6.45, 7) is 7.46. The first kappa shape index (κ1) is 24.9. The number of benzene rings is 2. The molecule has 0 saturated carbocycles. The Morgan fingerprint density at radius 1 is 1.03 bits per heavy atom. The lowest BCUT2D eigenvalue weighted by molar-refractivity contribution is -0.129. The van der Waals surface area contributed by atoms with Crippen molar-refractivity contribution in [1.29, 1.82) is 0 Å². The highest BCUT2D eigenvalue weighted by atomic mass is 16.5. The van der Waals surface area contributed by atoms with E-state index in [0.29, 0.717) is 13.0 Å². The number of nitrogens with one attached hydrogen (secondary N) is 3. The lowest BCUT2D eigenvalue weighted by Crippen LogP contribution is -2.46. The van der Waals surface area contributed by atoms with Crippen LogP contribution in [0.25, 0.3) is 22.3 Å². The van der Waals surface area contributed by atoms with Crippen LogP contribution in [0.15, 0.2) is 67.0 Å². The minimum absolute atomic E-state index is 0.124. The average Bonchev–Trinajstić information content (AvgIpc) is 3.39. The molecule has 1 atom stereocenters. The van der Waals surface area contributed by atoms with E-state index >= 15 is 0 Å². The van der Waals surface area contributed by atoms with Gasteiger partial charge in [0.2, 0.25) is 5.91 Å². The smallest absolute Gasteiger partial charge is 0.244 e. The Balaban J connectivity index is 1.21. The minimum atomic E-state index is -0.334. The number of carbonyl (C=O) groups is 1. The molecule has 9 heteroatoms. The molecule has 5 rings (SSSR count). The SMILES string of the molecule is CC(Nc1ncnc2[nH]c(-c3ccc(CN4CCN(CCC(=O)NO)CC4)cc3)cc12)c1ccccc1. The lowest BCUT2D eigenvalue weighted by Gasteiger charge is -2.34. The van der Waals surface area contributed by atoms with Crippen molar-refractivity contribution in [2.75, 3.05) is 38.0 Å². The van der Waals surface area contributed by atoms with Gasteiger partial charge in [-0.1, -0.05) is 54.6 Å². The first-order valence-corrected chi connectivity index (χ1v) is 12.7. The summed E-state index contributed by atoms with van der Waals surface area (Å²) < 4.78 is 0. The molecule has 4 aromatic rings. The Hall–Kier alpha value is -3.79. The van der Waals surface area contributed by atoms with Crippen LogP contribution in [0.2, 0.25) is 0 Å². The molecule has 1 aliphatic rings. The Bertz CT molecular complexity index is 1320. The van der Waals surface area contributed by atoms with Crippen molar-refractivity contribution in [2.45, 2.75) is 25.9 Å². The highest BCUT2D eigenvalue weighted by molar-refractivity contribution is 5.91. The van der Waals surface area contributed by atoms with Crippen LogP contribution in [0.3, 0.4) is 0 Å². The zero-order chi connectivity index (χ0) is 25.6. The van der Waals surface area contributed by atoms with Crippen LogP contribution in [0, 0.1) is 0 Å². The van der Waals surface area contributed by atoms with Crippen LogP contribution >= 0.6 is 0 Å². The van der Waals surface area contributed by atoms with Crippen molar-refractivity contribution in [3.63, 3.8) is 0 Å². The van der Waals surface area contributed by atoms with Gasteiger partial charge in [0, 0.05) is 57.4 Å². The van der Waals surface area contributed by atoms with Gasteiger partial charge in [0.15, 0.2) is 0 Å². The van der Waals surface area contributed by atoms with E-state index in [1.807, 2.05) is 18.2 Å². The van der Waals surface area contributed by atoms with E-state index < -0.39 is 0 Å². The van der Waals surface area contributed by atoms with E-state index in [1.165, 1.54) is 11.1 Å². The monoisotopic (exact) mass is 499 g/mol. The van der Waals surface area contributed by atoms with Gasteiger partial charge in [-0.25, -0.2) is 15.4 Å². The number of rotatable bonds is 9. The summed E-state index contributed by atoms with van der Waals surface area (Å²) in [4.78, 5) is 28.3. The average molecular weight is 500 g/mol. The topological polar surface area (TPSA) is 109 Å². The summed E-state index contributed by atoms with van der Waals surface area (Å²) in [6, 6.07) is 21.2. The van der Waals surface area contributed by atoms with Gasteiger partial charge in [0.1, 0.15) is 17.8 Å². The molecule has 2 aromatic carbocycles. The van der Waals surface area contributed by atoms with Gasteiger partial charge in [0.05, 0.1) is 5.39 Å². The molecule has 37 heavy (non-hydrogen) atoms. The number of nitrogens with zero attached hydrogens (tertiary/aromatic N) is 4. The van der Waals surface area contributed by atoms with E-state index in [0.717, 1.165) is 60.8 Å². The Labute approximate surface area is 216 Å². The fraction of sp³-hybridized carbons (Fsp3) is 0.321. The quantitative estimate of drug-likeness (QED) is 0.205. The highest BCUT2D eigenvalue weighted by Gasteiger charge is 2.18. The standard InChI is InChI=1S/C28H33N7O2/c1-20(22-5-3-2-4-6-22)31-27-24-17-25(32-28(24)30-19-29-27)23-9-7-21(8-10-23)18-35-15-13-34(14-16-35)12-11-26(36)33-37/h2-10,17,19-20,37H,11-16,18H2,1H3,(H,33,36)(H2,29,30,31,32). The third-order valence-corrected chi connectivity index (χ3v) is 6.99. The van der Waals surface area contributed by atoms with Crippen molar-refractivity contribution in [2.24, 2.45) is 0 Å². The van der Waals surface area contributed by atoms with E-state index in [4.69, 9.17) is 5.21 Å². The summed E-state index contributed by atoms with van der Waals surface area (Å²) in [7, 11) is 0. The molecule has 0 bridgehead atoms. The third-order valence-electron chi connectivity index (χ3n) is 6.99. The maximum atomic E-state index is 11.2. The van der Waals surface area contributed by atoms with Crippen LogP contribution in [0.5, 0.6) is 0 Å². The van der Waals surface area contributed by atoms with Crippen molar-refractivity contribution < 1.29 is 10.0 Å². The Morgan fingerprint density at radius 2 is 1.76 bits per heavy atom. The number of H-pyrrole nitrogens is 1. The number of amides is 1. The molecule has 2 aromatic heterocycles. The molecular weight excluding hydrogens is 466 g/mol. The van der Waals surface area contributed by atoms with Gasteiger partial charge in [-0.3, -0.25) is 14.9 Å². The molecule has 192 valence electrons. The molecule has 1 saturated heterocycles. The van der Waals surface area contributed by atoms with Gasteiger partial charge in [-0.2, -0.15) is 0 Å². The first-order valence-electron chi connectivity index (χ1n) is 12.7. The molecule has 1 fully saturated rings. The fourth-order valence-electron chi connectivity index (χ4n) is 4.78. The maximum Gasteiger partial charge on any atom is 0.244 e. The summed E-state index contributed by atoms with van der Waals surface area (Å²) in [5.74, 6) is 0.482. The largest absolute Gasteiger partial charge is 0.363 e. The Kier molecular flexibility index (Phi) is 7.74. The summed E-state index contributed by atoms with van der Waals surface area (Å²) >= 11 is 0. The van der Waals surface area contributed by atoms with E-state index in [9.17, 15) is 4.79 Å². The van der Waals surface area contributed by atoms with Gasteiger partial charge >= 0.3 is 0 Å². The molecular formula is C28H33N7O2. The molecule has 3 heterocycles. The second-order valence-corrected chi connectivity index (χ2v) is 9.54. The minimum Gasteiger partial charge on any atom is -0.363 e.